The highest BCUT2D eigenvalue weighted by Crippen LogP contribution is 1.66. The van der Waals surface area contributed by atoms with Crippen LogP contribution in [0.3, 0.4) is 0 Å². The number of rotatable bonds is 5. The quantitative estimate of drug-likeness (QED) is 0.491. The summed E-state index contributed by atoms with van der Waals surface area (Å²) in [6.45, 7) is 2.46. The third-order valence-corrected chi connectivity index (χ3v) is 1.16. The molecule has 0 aromatic rings. The highest BCUT2D eigenvalue weighted by Gasteiger charge is 1.83. The van der Waals surface area contributed by atoms with E-state index in [0.717, 1.165) is 13.1 Å². The minimum absolute atomic E-state index is 0.264. The van der Waals surface area contributed by atoms with Crippen LogP contribution >= 0.6 is 0 Å². The van der Waals surface area contributed by atoms with E-state index in [9.17, 15) is 4.79 Å². The number of primary amides is 1. The molecule has 0 unspecified atom stereocenters. The summed E-state index contributed by atoms with van der Waals surface area (Å²) in [5.41, 5.74) is 4.70. The number of hydrogen-bond acceptors (Lipinski definition) is 4. The van der Waals surface area contributed by atoms with Crippen LogP contribution in [0.5, 0.6) is 0 Å². The Kier molecular flexibility index (Phi) is 13.0. The van der Waals surface area contributed by atoms with Gasteiger partial charge >= 0.3 is 0 Å². The summed E-state index contributed by atoms with van der Waals surface area (Å²) >= 11 is 0. The van der Waals surface area contributed by atoms with E-state index in [1.54, 1.807) is 7.05 Å². The standard InChI is InChI=1S/C5H14N2.C3H8N2O/c1-6-4-5-7(2)3;1-5-2-3(4)6/h6H,4-5H2,1-3H3;5H,2H2,1H3,(H2,4,6). The van der Waals surface area contributed by atoms with Crippen LogP contribution in [-0.4, -0.2) is 58.6 Å². The maximum Gasteiger partial charge on any atom is 0.231 e. The van der Waals surface area contributed by atoms with Crippen LogP contribution < -0.4 is 16.4 Å². The van der Waals surface area contributed by atoms with E-state index in [1.165, 1.54) is 0 Å². The van der Waals surface area contributed by atoms with Gasteiger partial charge in [0.15, 0.2) is 0 Å². The van der Waals surface area contributed by atoms with Crippen molar-refractivity contribution in [3.05, 3.63) is 0 Å². The van der Waals surface area contributed by atoms with E-state index < -0.39 is 0 Å². The molecule has 0 radical (unpaired) electrons. The molecule has 0 aromatic carbocycles. The van der Waals surface area contributed by atoms with Crippen molar-refractivity contribution < 1.29 is 4.79 Å². The lowest BCUT2D eigenvalue weighted by Crippen LogP contribution is -2.25. The van der Waals surface area contributed by atoms with Crippen LogP contribution in [0.4, 0.5) is 0 Å². The normalized spacial score (nSPS) is 9.31. The number of amides is 1. The Morgan fingerprint density at radius 2 is 1.85 bits per heavy atom. The zero-order valence-electron chi connectivity index (χ0n) is 9.05. The Labute approximate surface area is 80.7 Å². The molecule has 0 rings (SSSR count). The van der Waals surface area contributed by atoms with Crippen LogP contribution in [0, 0.1) is 0 Å². The molecule has 0 heterocycles. The summed E-state index contributed by atoms with van der Waals surface area (Å²) in [5, 5.41) is 5.65. The zero-order chi connectivity index (χ0) is 10.7. The molecule has 0 aliphatic rings. The fourth-order valence-corrected chi connectivity index (χ4v) is 0.510. The summed E-state index contributed by atoms with van der Waals surface area (Å²) < 4.78 is 0. The lowest BCUT2D eigenvalue weighted by molar-refractivity contribution is -0.117. The van der Waals surface area contributed by atoms with E-state index in [-0.39, 0.29) is 12.5 Å². The molecule has 4 N–H and O–H groups in total. The minimum Gasteiger partial charge on any atom is -0.369 e. The summed E-state index contributed by atoms with van der Waals surface area (Å²) in [4.78, 5) is 11.9. The molecular formula is C8H22N4O. The first-order valence-electron chi connectivity index (χ1n) is 4.26. The number of nitrogens with two attached hydrogens (primary N) is 1. The average molecular weight is 190 g/mol. The van der Waals surface area contributed by atoms with E-state index >= 15 is 0 Å². The summed E-state index contributed by atoms with van der Waals surface area (Å²) in [5.74, 6) is -0.322. The molecule has 0 fully saturated rings. The number of carbonyl (C=O) groups excluding carboxylic acids is 1. The van der Waals surface area contributed by atoms with Crippen molar-refractivity contribution in [2.24, 2.45) is 5.73 Å². The van der Waals surface area contributed by atoms with Gasteiger partial charge in [-0.25, -0.2) is 0 Å². The first-order chi connectivity index (χ1) is 6.04. The van der Waals surface area contributed by atoms with Crippen molar-refractivity contribution in [2.75, 3.05) is 47.8 Å². The number of likely N-dealkylation sites (N-methyl/N-ethyl adjacent to an activating group) is 3. The van der Waals surface area contributed by atoms with Crippen LogP contribution in [0.1, 0.15) is 0 Å². The monoisotopic (exact) mass is 190 g/mol. The highest BCUT2D eigenvalue weighted by molar-refractivity contribution is 5.75. The molecule has 0 aromatic heterocycles. The predicted molar refractivity (Wildman–Crippen MR) is 55.6 cm³/mol. The van der Waals surface area contributed by atoms with Crippen molar-refractivity contribution in [2.45, 2.75) is 0 Å². The second kappa shape index (κ2) is 11.4. The smallest absolute Gasteiger partial charge is 0.231 e. The first kappa shape index (κ1) is 14.9. The van der Waals surface area contributed by atoms with Gasteiger partial charge in [0.1, 0.15) is 0 Å². The Morgan fingerprint density at radius 1 is 1.31 bits per heavy atom. The van der Waals surface area contributed by atoms with Gasteiger partial charge in [-0.2, -0.15) is 0 Å². The topological polar surface area (TPSA) is 70.4 Å². The summed E-state index contributed by atoms with van der Waals surface area (Å²) in [7, 11) is 7.77. The predicted octanol–water partition coefficient (Wildman–Crippen LogP) is -1.54. The molecule has 0 aliphatic heterocycles. The van der Waals surface area contributed by atoms with Crippen molar-refractivity contribution in [1.29, 1.82) is 0 Å². The lowest BCUT2D eigenvalue weighted by atomic mass is 10.6. The molecule has 5 nitrogen and oxygen atoms in total. The summed E-state index contributed by atoms with van der Waals surface area (Å²) in [6, 6.07) is 0. The Bertz CT molecular complexity index is 117. The molecule has 0 saturated heterocycles. The fraction of sp³-hybridized carbons (Fsp3) is 0.875. The molecule has 5 heteroatoms. The van der Waals surface area contributed by atoms with E-state index in [2.05, 4.69) is 29.6 Å². The molecule has 13 heavy (non-hydrogen) atoms. The molecule has 0 atom stereocenters. The van der Waals surface area contributed by atoms with Gasteiger partial charge in [-0.3, -0.25) is 4.79 Å². The zero-order valence-corrected chi connectivity index (χ0v) is 9.05. The van der Waals surface area contributed by atoms with Crippen molar-refractivity contribution >= 4 is 5.91 Å². The van der Waals surface area contributed by atoms with E-state index in [0.29, 0.717) is 0 Å². The van der Waals surface area contributed by atoms with Crippen LogP contribution in [0.25, 0.3) is 0 Å². The lowest BCUT2D eigenvalue weighted by Gasteiger charge is -2.06. The van der Waals surface area contributed by atoms with Gasteiger partial charge in [-0.1, -0.05) is 0 Å². The number of nitrogens with one attached hydrogen (secondary N) is 2. The Hall–Kier alpha value is -0.650. The van der Waals surface area contributed by atoms with E-state index in [1.807, 2.05) is 7.05 Å². The van der Waals surface area contributed by atoms with Crippen molar-refractivity contribution in [1.82, 2.24) is 15.5 Å². The molecule has 1 amide bonds. The Balaban J connectivity index is 0. The van der Waals surface area contributed by atoms with Gasteiger partial charge in [0.2, 0.25) is 5.91 Å². The second-order valence-electron chi connectivity index (χ2n) is 2.90. The van der Waals surface area contributed by atoms with Gasteiger partial charge in [0.25, 0.3) is 0 Å². The average Bonchev–Trinajstić information content (AvgIpc) is 2.01. The maximum atomic E-state index is 9.76. The van der Waals surface area contributed by atoms with Gasteiger partial charge < -0.3 is 21.3 Å². The Morgan fingerprint density at radius 3 is 1.92 bits per heavy atom. The van der Waals surface area contributed by atoms with Gasteiger partial charge in [-0.15, -0.1) is 0 Å². The number of carbonyl (C=O) groups is 1. The van der Waals surface area contributed by atoms with Gasteiger partial charge in [0, 0.05) is 13.1 Å². The maximum absolute atomic E-state index is 9.76. The number of nitrogens with zero attached hydrogens (tertiary/aromatic N) is 1. The fourth-order valence-electron chi connectivity index (χ4n) is 0.510. The molecule has 0 aliphatic carbocycles. The third-order valence-electron chi connectivity index (χ3n) is 1.16. The first-order valence-corrected chi connectivity index (χ1v) is 4.26. The molecule has 80 valence electrons. The number of hydrogen-bond donors (Lipinski definition) is 3. The van der Waals surface area contributed by atoms with Gasteiger partial charge in [-0.05, 0) is 28.2 Å². The molecular weight excluding hydrogens is 168 g/mol. The molecule has 0 spiro atoms. The largest absolute Gasteiger partial charge is 0.369 e. The van der Waals surface area contributed by atoms with Gasteiger partial charge in [0.05, 0.1) is 6.54 Å². The van der Waals surface area contributed by atoms with Crippen LogP contribution in [-0.2, 0) is 4.79 Å². The van der Waals surface area contributed by atoms with Crippen molar-refractivity contribution in [3.63, 3.8) is 0 Å². The summed E-state index contributed by atoms with van der Waals surface area (Å²) in [6.07, 6.45) is 0. The van der Waals surface area contributed by atoms with Crippen LogP contribution in [0.2, 0.25) is 0 Å². The highest BCUT2D eigenvalue weighted by atomic mass is 16.1. The van der Waals surface area contributed by atoms with Crippen molar-refractivity contribution in [3.8, 4) is 0 Å². The molecule has 0 saturated carbocycles. The van der Waals surface area contributed by atoms with Crippen LogP contribution in [0.15, 0.2) is 0 Å². The minimum atomic E-state index is -0.322. The van der Waals surface area contributed by atoms with E-state index in [4.69, 9.17) is 5.73 Å². The SMILES string of the molecule is CNCC(N)=O.CNCCN(C)C. The second-order valence-corrected chi connectivity index (χ2v) is 2.90. The third kappa shape index (κ3) is 24.6. The molecule has 0 bridgehead atoms.